The fraction of sp³-hybridized carbons (Fsp3) is 0.250. The van der Waals surface area contributed by atoms with E-state index in [0.717, 1.165) is 17.4 Å². The van der Waals surface area contributed by atoms with Crippen molar-refractivity contribution >= 4 is 22.0 Å². The lowest BCUT2D eigenvalue weighted by molar-refractivity contribution is -0.113. The Balaban J connectivity index is 1.97. The minimum Gasteiger partial charge on any atom is -0.302 e. The Bertz CT molecular complexity index is 965. The average Bonchev–Trinajstić information content (AvgIpc) is 2.93. The highest BCUT2D eigenvalue weighted by Gasteiger charge is 2.55. The van der Waals surface area contributed by atoms with Crippen molar-refractivity contribution in [2.75, 3.05) is 4.31 Å². The van der Waals surface area contributed by atoms with E-state index in [0.29, 0.717) is 18.5 Å². The van der Waals surface area contributed by atoms with Gasteiger partial charge in [0.2, 0.25) is 0 Å². The maximum atomic E-state index is 13.4. The van der Waals surface area contributed by atoms with E-state index in [2.05, 4.69) is 6.08 Å². The molecule has 0 saturated heterocycles. The highest BCUT2D eigenvalue weighted by atomic mass is 32.2. The monoisotopic (exact) mass is 353 g/mol. The van der Waals surface area contributed by atoms with Gasteiger partial charge in [-0.05, 0) is 43.5 Å². The second kappa shape index (κ2) is 5.56. The van der Waals surface area contributed by atoms with Gasteiger partial charge in [-0.15, -0.1) is 0 Å². The van der Waals surface area contributed by atoms with E-state index in [-0.39, 0.29) is 4.90 Å². The Hall–Kier alpha value is -2.40. The Kier molecular flexibility index (Phi) is 3.58. The van der Waals surface area contributed by atoms with Crippen LogP contribution < -0.4 is 4.31 Å². The van der Waals surface area contributed by atoms with Gasteiger partial charge in [-0.25, -0.2) is 8.42 Å². The molecule has 0 fully saturated rings. The first-order valence-corrected chi connectivity index (χ1v) is 9.76. The van der Waals surface area contributed by atoms with E-state index in [1.807, 2.05) is 25.1 Å². The first-order valence-electron chi connectivity index (χ1n) is 8.32. The Labute approximate surface area is 147 Å². The van der Waals surface area contributed by atoms with Gasteiger partial charge in [0, 0.05) is 0 Å². The normalized spacial score (nSPS) is 25.1. The minimum absolute atomic E-state index is 0.249. The van der Waals surface area contributed by atoms with Gasteiger partial charge in [0.05, 0.1) is 22.0 Å². The van der Waals surface area contributed by atoms with Crippen LogP contribution in [0.5, 0.6) is 0 Å². The van der Waals surface area contributed by atoms with Crippen LogP contribution in [0.25, 0.3) is 0 Å². The molecule has 0 amide bonds. The third-order valence-electron chi connectivity index (χ3n) is 5.33. The molecule has 5 heteroatoms. The average molecular weight is 353 g/mol. The van der Waals surface area contributed by atoms with E-state index in [1.165, 1.54) is 4.31 Å². The number of fused-ring (bicyclic) bond motifs is 3. The third kappa shape index (κ3) is 2.19. The molecule has 0 radical (unpaired) electrons. The number of anilines is 1. The van der Waals surface area contributed by atoms with Crippen LogP contribution in [0.4, 0.5) is 5.69 Å². The lowest BCUT2D eigenvalue weighted by atomic mass is 9.70. The molecule has 1 aliphatic carbocycles. The van der Waals surface area contributed by atoms with Crippen LogP contribution in [0.3, 0.4) is 0 Å². The number of sulfonamides is 1. The van der Waals surface area contributed by atoms with Gasteiger partial charge in [0.25, 0.3) is 10.0 Å². The summed E-state index contributed by atoms with van der Waals surface area (Å²) in [4.78, 5) is 12.4. The molecule has 0 N–H and O–H groups in total. The Morgan fingerprint density at radius 2 is 1.76 bits per heavy atom. The molecular formula is C20H19NO3S. The number of allylic oxidation sites excluding steroid dienone is 1. The van der Waals surface area contributed by atoms with Gasteiger partial charge in [-0.2, -0.15) is 0 Å². The number of hydrogen-bond acceptors (Lipinski definition) is 3. The highest BCUT2D eigenvalue weighted by molar-refractivity contribution is 7.92. The summed E-state index contributed by atoms with van der Waals surface area (Å²) < 4.78 is 28.3. The smallest absolute Gasteiger partial charge is 0.264 e. The number of nitrogens with zero attached hydrogens (tertiary/aromatic N) is 1. The van der Waals surface area contributed by atoms with Crippen molar-refractivity contribution in [3.05, 3.63) is 71.8 Å². The fourth-order valence-corrected chi connectivity index (χ4v) is 5.80. The lowest BCUT2D eigenvalue weighted by Gasteiger charge is -2.37. The van der Waals surface area contributed by atoms with Crippen molar-refractivity contribution in [1.29, 1.82) is 0 Å². The van der Waals surface area contributed by atoms with Crippen molar-refractivity contribution in [1.82, 2.24) is 0 Å². The molecule has 4 nitrogen and oxygen atoms in total. The molecule has 2 aromatic rings. The predicted molar refractivity (Wildman–Crippen MR) is 97.1 cm³/mol. The van der Waals surface area contributed by atoms with Crippen LogP contribution >= 0.6 is 0 Å². The summed E-state index contributed by atoms with van der Waals surface area (Å²) in [6.45, 7) is 1.99. The zero-order valence-electron chi connectivity index (χ0n) is 13.9. The molecule has 2 atom stereocenters. The van der Waals surface area contributed by atoms with E-state index in [4.69, 9.17) is 0 Å². The molecule has 128 valence electrons. The summed E-state index contributed by atoms with van der Waals surface area (Å²) in [5, 5.41) is 0. The largest absolute Gasteiger partial charge is 0.302 e. The predicted octanol–water partition coefficient (Wildman–Crippen LogP) is 3.44. The zero-order valence-corrected chi connectivity index (χ0v) is 14.7. The molecular weight excluding hydrogens is 334 g/mol. The molecule has 0 saturated carbocycles. The zero-order chi connectivity index (χ0) is 17.7. The van der Waals surface area contributed by atoms with Gasteiger partial charge < -0.3 is 4.79 Å². The maximum Gasteiger partial charge on any atom is 0.264 e. The summed E-state index contributed by atoms with van der Waals surface area (Å²) in [7, 11) is -3.75. The number of carbonyl (C=O) groups is 1. The van der Waals surface area contributed by atoms with E-state index in [9.17, 15) is 13.2 Å². The van der Waals surface area contributed by atoms with Gasteiger partial charge in [0.15, 0.2) is 0 Å². The van der Waals surface area contributed by atoms with Gasteiger partial charge >= 0.3 is 0 Å². The second-order valence-electron chi connectivity index (χ2n) is 6.76. The summed E-state index contributed by atoms with van der Waals surface area (Å²) in [6.07, 6.45) is 4.09. The van der Waals surface area contributed by atoms with Crippen molar-refractivity contribution < 1.29 is 13.2 Å². The van der Waals surface area contributed by atoms with Crippen molar-refractivity contribution in [2.45, 2.75) is 36.1 Å². The minimum atomic E-state index is -3.75. The first kappa shape index (κ1) is 16.1. The summed E-state index contributed by atoms with van der Waals surface area (Å²) in [6, 6.07) is 15.4. The van der Waals surface area contributed by atoms with E-state index in [1.54, 1.807) is 36.4 Å². The van der Waals surface area contributed by atoms with Crippen LogP contribution in [0.1, 0.15) is 25.3 Å². The van der Waals surface area contributed by atoms with Crippen molar-refractivity contribution in [3.8, 4) is 0 Å². The lowest BCUT2D eigenvalue weighted by Crippen LogP contribution is -2.49. The molecule has 0 unspecified atom stereocenters. The molecule has 4 rings (SSSR count). The Morgan fingerprint density at radius 3 is 2.48 bits per heavy atom. The van der Waals surface area contributed by atoms with E-state index < -0.39 is 21.5 Å². The SMILES string of the molecule is CC1=CC[C@@]2(C=O)c3ccccc3N(S(=O)(=O)c3ccccc3)[C@H]2C1. The first-order chi connectivity index (χ1) is 12.0. The number of benzene rings is 2. The summed E-state index contributed by atoms with van der Waals surface area (Å²) >= 11 is 0. The number of carbonyl (C=O) groups excluding carboxylic acids is 1. The van der Waals surface area contributed by atoms with E-state index >= 15 is 0 Å². The molecule has 1 aliphatic heterocycles. The molecule has 2 aliphatic rings. The highest BCUT2D eigenvalue weighted by Crippen LogP contribution is 2.52. The standard InChI is InChI=1S/C20H19NO3S/c1-15-11-12-20(14-22)17-9-5-6-10-18(17)21(19(20)13-15)25(23,24)16-7-3-2-4-8-16/h2-11,14,19H,12-13H2,1H3/t19-,20+/m0/s1. The number of rotatable bonds is 3. The van der Waals surface area contributed by atoms with Crippen LogP contribution in [0.2, 0.25) is 0 Å². The van der Waals surface area contributed by atoms with Crippen LogP contribution in [0.15, 0.2) is 71.1 Å². The number of para-hydroxylation sites is 1. The van der Waals surface area contributed by atoms with Gasteiger partial charge in [0.1, 0.15) is 6.29 Å². The maximum absolute atomic E-state index is 13.4. The van der Waals surface area contributed by atoms with Crippen molar-refractivity contribution in [2.24, 2.45) is 0 Å². The molecule has 2 aromatic carbocycles. The molecule has 0 spiro atoms. The van der Waals surface area contributed by atoms with Crippen LogP contribution in [-0.2, 0) is 20.2 Å². The second-order valence-corrected chi connectivity index (χ2v) is 8.58. The Morgan fingerprint density at radius 1 is 1.08 bits per heavy atom. The molecule has 25 heavy (non-hydrogen) atoms. The summed E-state index contributed by atoms with van der Waals surface area (Å²) in [5.74, 6) is 0. The summed E-state index contributed by atoms with van der Waals surface area (Å²) in [5.41, 5.74) is 1.73. The topological polar surface area (TPSA) is 54.5 Å². The van der Waals surface area contributed by atoms with Gasteiger partial charge in [-0.1, -0.05) is 48.0 Å². The quantitative estimate of drug-likeness (QED) is 0.627. The van der Waals surface area contributed by atoms with Crippen LogP contribution in [-0.4, -0.2) is 20.7 Å². The van der Waals surface area contributed by atoms with Gasteiger partial charge in [-0.3, -0.25) is 4.31 Å². The van der Waals surface area contributed by atoms with Crippen molar-refractivity contribution in [3.63, 3.8) is 0 Å². The molecule has 1 heterocycles. The van der Waals surface area contributed by atoms with Crippen LogP contribution in [0, 0.1) is 0 Å². The fourth-order valence-electron chi connectivity index (χ4n) is 4.05. The molecule has 0 aromatic heterocycles. The number of aldehydes is 1. The third-order valence-corrected chi connectivity index (χ3v) is 7.17. The molecule has 0 bridgehead atoms. The number of hydrogen-bond donors (Lipinski definition) is 0.